The molecule has 0 radical (unpaired) electrons. The Morgan fingerprint density at radius 2 is 1.59 bits per heavy atom. The fourth-order valence-corrected chi connectivity index (χ4v) is 2.81. The van der Waals surface area contributed by atoms with Gasteiger partial charge in [-0.05, 0) is 42.3 Å². The fourth-order valence-electron chi connectivity index (χ4n) is 2.81. The average molecular weight is 367 g/mol. The normalized spacial score (nSPS) is 10.9. The first-order valence-corrected chi connectivity index (χ1v) is 9.80. The first-order valence-electron chi connectivity index (χ1n) is 9.80. The molecule has 0 atom stereocenters. The minimum atomic E-state index is -0.183. The summed E-state index contributed by atoms with van der Waals surface area (Å²) >= 11 is 0. The van der Waals surface area contributed by atoms with Gasteiger partial charge in [0.25, 0.3) is 0 Å². The van der Waals surface area contributed by atoms with Crippen molar-refractivity contribution in [3.8, 4) is 5.75 Å². The molecule has 4 heteroatoms. The lowest BCUT2D eigenvalue weighted by Gasteiger charge is -2.12. The maximum atomic E-state index is 12.2. The number of phenols is 1. The third kappa shape index (κ3) is 7.99. The van der Waals surface area contributed by atoms with Crippen molar-refractivity contribution in [3.05, 3.63) is 60.2 Å². The van der Waals surface area contributed by atoms with Crippen molar-refractivity contribution in [3.63, 3.8) is 0 Å². The molecule has 27 heavy (non-hydrogen) atoms. The smallest absolute Gasteiger partial charge is 0.248 e. The number of hydrogen-bond acceptors (Lipinski definition) is 3. The highest BCUT2D eigenvalue weighted by Crippen LogP contribution is 2.21. The Morgan fingerprint density at radius 1 is 0.926 bits per heavy atom. The molecule has 4 nitrogen and oxygen atoms in total. The number of amides is 1. The fraction of sp³-hybridized carbons (Fsp3) is 0.348. The second-order valence-corrected chi connectivity index (χ2v) is 6.65. The SMILES string of the molecule is CCCCCCCCNc1ccccc1NC(=O)C=Cc1ccc(O)cc1. The zero-order chi connectivity index (χ0) is 19.3. The molecule has 0 saturated heterocycles. The van der Waals surface area contributed by atoms with Crippen molar-refractivity contribution in [1.29, 1.82) is 0 Å². The lowest BCUT2D eigenvalue weighted by atomic mass is 10.1. The molecule has 2 aromatic rings. The minimum absolute atomic E-state index is 0.183. The van der Waals surface area contributed by atoms with Crippen LogP contribution in [0.4, 0.5) is 11.4 Å². The third-order valence-electron chi connectivity index (χ3n) is 4.35. The second kappa shape index (κ2) is 11.8. The van der Waals surface area contributed by atoms with Crippen molar-refractivity contribution >= 4 is 23.4 Å². The number of aromatic hydroxyl groups is 1. The number of unbranched alkanes of at least 4 members (excludes halogenated alkanes) is 5. The molecular formula is C23H30N2O2. The van der Waals surface area contributed by atoms with Crippen LogP contribution < -0.4 is 10.6 Å². The molecule has 0 bridgehead atoms. The van der Waals surface area contributed by atoms with Crippen molar-refractivity contribution in [2.75, 3.05) is 17.2 Å². The van der Waals surface area contributed by atoms with Crippen LogP contribution >= 0.6 is 0 Å². The second-order valence-electron chi connectivity index (χ2n) is 6.65. The number of para-hydroxylation sites is 2. The number of hydrogen-bond donors (Lipinski definition) is 3. The van der Waals surface area contributed by atoms with Gasteiger partial charge in [0.2, 0.25) is 5.91 Å². The van der Waals surface area contributed by atoms with Gasteiger partial charge in [0, 0.05) is 12.6 Å². The Hall–Kier alpha value is -2.75. The average Bonchev–Trinajstić information content (AvgIpc) is 2.68. The number of nitrogens with one attached hydrogen (secondary N) is 2. The summed E-state index contributed by atoms with van der Waals surface area (Å²) < 4.78 is 0. The summed E-state index contributed by atoms with van der Waals surface area (Å²) in [6.45, 7) is 3.13. The Kier molecular flexibility index (Phi) is 8.98. The zero-order valence-corrected chi connectivity index (χ0v) is 16.1. The lowest BCUT2D eigenvalue weighted by Crippen LogP contribution is -2.11. The van der Waals surface area contributed by atoms with E-state index in [4.69, 9.17) is 0 Å². The van der Waals surface area contributed by atoms with Crippen molar-refractivity contribution in [2.24, 2.45) is 0 Å². The highest BCUT2D eigenvalue weighted by Gasteiger charge is 2.04. The summed E-state index contributed by atoms with van der Waals surface area (Å²) in [6, 6.07) is 14.5. The maximum Gasteiger partial charge on any atom is 0.248 e. The van der Waals surface area contributed by atoms with Crippen molar-refractivity contribution in [1.82, 2.24) is 0 Å². The van der Waals surface area contributed by atoms with E-state index in [1.165, 1.54) is 38.2 Å². The number of rotatable bonds is 11. The number of benzene rings is 2. The van der Waals surface area contributed by atoms with E-state index < -0.39 is 0 Å². The first-order chi connectivity index (χ1) is 13.2. The summed E-state index contributed by atoms with van der Waals surface area (Å²) in [5.74, 6) is 0.0267. The van der Waals surface area contributed by atoms with Gasteiger partial charge in [-0.1, -0.05) is 63.3 Å². The molecule has 0 aliphatic rings. The molecule has 2 rings (SSSR count). The van der Waals surface area contributed by atoms with Crippen LogP contribution in [-0.2, 0) is 4.79 Å². The topological polar surface area (TPSA) is 61.4 Å². The highest BCUT2D eigenvalue weighted by molar-refractivity contribution is 6.03. The van der Waals surface area contributed by atoms with Gasteiger partial charge in [-0.25, -0.2) is 0 Å². The summed E-state index contributed by atoms with van der Waals surface area (Å²) in [7, 11) is 0. The van der Waals surface area contributed by atoms with E-state index >= 15 is 0 Å². The van der Waals surface area contributed by atoms with Crippen molar-refractivity contribution in [2.45, 2.75) is 45.4 Å². The molecule has 3 N–H and O–H groups in total. The van der Waals surface area contributed by atoms with Gasteiger partial charge in [-0.2, -0.15) is 0 Å². The highest BCUT2D eigenvalue weighted by atomic mass is 16.3. The summed E-state index contributed by atoms with van der Waals surface area (Å²) in [5, 5.41) is 15.6. The third-order valence-corrected chi connectivity index (χ3v) is 4.35. The molecule has 0 aromatic heterocycles. The van der Waals surface area contributed by atoms with Crippen LogP contribution in [0, 0.1) is 0 Å². The zero-order valence-electron chi connectivity index (χ0n) is 16.1. The monoisotopic (exact) mass is 366 g/mol. The molecular weight excluding hydrogens is 336 g/mol. The predicted octanol–water partition coefficient (Wildman–Crippen LogP) is 5.82. The largest absolute Gasteiger partial charge is 0.508 e. The van der Waals surface area contributed by atoms with E-state index in [1.54, 1.807) is 30.3 Å². The van der Waals surface area contributed by atoms with Gasteiger partial charge in [-0.3, -0.25) is 4.79 Å². The van der Waals surface area contributed by atoms with Gasteiger partial charge in [0.05, 0.1) is 11.4 Å². The number of carbonyl (C=O) groups excluding carboxylic acids is 1. The first kappa shape index (κ1) is 20.6. The molecule has 0 aliphatic carbocycles. The van der Waals surface area contributed by atoms with Crippen LogP contribution in [0.1, 0.15) is 51.0 Å². The molecule has 2 aromatic carbocycles. The maximum absolute atomic E-state index is 12.2. The lowest BCUT2D eigenvalue weighted by molar-refractivity contribution is -0.111. The number of phenolic OH excluding ortho intramolecular Hbond substituents is 1. The van der Waals surface area contributed by atoms with Crippen LogP contribution in [0.3, 0.4) is 0 Å². The van der Waals surface area contributed by atoms with Gasteiger partial charge in [-0.15, -0.1) is 0 Å². The van der Waals surface area contributed by atoms with E-state index in [9.17, 15) is 9.90 Å². The number of anilines is 2. The Bertz CT molecular complexity index is 723. The van der Waals surface area contributed by atoms with Crippen molar-refractivity contribution < 1.29 is 9.90 Å². The molecule has 0 saturated carbocycles. The summed E-state index contributed by atoms with van der Waals surface area (Å²) in [4.78, 5) is 12.2. The van der Waals surface area contributed by atoms with E-state index in [1.807, 2.05) is 24.3 Å². The van der Waals surface area contributed by atoms with E-state index in [2.05, 4.69) is 17.6 Å². The molecule has 0 unspecified atom stereocenters. The van der Waals surface area contributed by atoms with Crippen LogP contribution in [0.5, 0.6) is 5.75 Å². The molecule has 0 fully saturated rings. The molecule has 0 spiro atoms. The Morgan fingerprint density at radius 3 is 2.33 bits per heavy atom. The van der Waals surface area contributed by atoms with Crippen LogP contribution in [0.2, 0.25) is 0 Å². The number of carbonyl (C=O) groups is 1. The van der Waals surface area contributed by atoms with Gasteiger partial charge >= 0.3 is 0 Å². The summed E-state index contributed by atoms with van der Waals surface area (Å²) in [6.07, 6.45) is 10.8. The Labute approximate surface area is 162 Å². The minimum Gasteiger partial charge on any atom is -0.508 e. The van der Waals surface area contributed by atoms with E-state index in [0.29, 0.717) is 0 Å². The molecule has 0 aliphatic heterocycles. The molecule has 0 heterocycles. The van der Waals surface area contributed by atoms with Crippen LogP contribution in [-0.4, -0.2) is 17.6 Å². The van der Waals surface area contributed by atoms with Gasteiger partial charge < -0.3 is 15.7 Å². The standard InChI is InChI=1S/C23H30N2O2/c1-2-3-4-5-6-9-18-24-21-10-7-8-11-22(21)25-23(27)17-14-19-12-15-20(26)16-13-19/h7-8,10-17,24,26H,2-6,9,18H2,1H3,(H,25,27). The Balaban J connectivity index is 1.81. The van der Waals surface area contributed by atoms with Gasteiger partial charge in [0.15, 0.2) is 0 Å². The van der Waals surface area contributed by atoms with Gasteiger partial charge in [0.1, 0.15) is 5.75 Å². The molecule has 144 valence electrons. The molecule has 1 amide bonds. The van der Waals surface area contributed by atoms with Crippen LogP contribution in [0.15, 0.2) is 54.6 Å². The van der Waals surface area contributed by atoms with E-state index in [-0.39, 0.29) is 11.7 Å². The quantitative estimate of drug-likeness (QED) is 0.347. The summed E-state index contributed by atoms with van der Waals surface area (Å²) in [5.41, 5.74) is 2.58. The van der Waals surface area contributed by atoms with Crippen LogP contribution in [0.25, 0.3) is 6.08 Å². The predicted molar refractivity (Wildman–Crippen MR) is 114 cm³/mol. The van der Waals surface area contributed by atoms with E-state index in [0.717, 1.165) is 29.9 Å².